The molecule has 0 aliphatic rings. The standard InChI is InChI=1S/C14H17ClN2O3S/c1-10(11-4-3-5-12(15)8-11)17-9-13-6-7-14(20-13)21(18,19)16-2/h3-8,10,16-17H,9H2,1-2H3/t10-/m0/s1. The Balaban J connectivity index is 2.00. The van der Waals surface area contributed by atoms with E-state index >= 15 is 0 Å². The van der Waals surface area contributed by atoms with E-state index in [0.29, 0.717) is 17.3 Å². The van der Waals surface area contributed by atoms with Gasteiger partial charge in [-0.2, -0.15) is 0 Å². The molecule has 0 aliphatic carbocycles. The van der Waals surface area contributed by atoms with E-state index in [9.17, 15) is 8.42 Å². The summed E-state index contributed by atoms with van der Waals surface area (Å²) in [6, 6.07) is 10.7. The van der Waals surface area contributed by atoms with E-state index in [1.165, 1.54) is 13.1 Å². The highest BCUT2D eigenvalue weighted by Gasteiger charge is 2.16. The molecule has 2 N–H and O–H groups in total. The largest absolute Gasteiger partial charge is 0.447 e. The minimum Gasteiger partial charge on any atom is -0.447 e. The lowest BCUT2D eigenvalue weighted by Gasteiger charge is -2.13. The van der Waals surface area contributed by atoms with Gasteiger partial charge in [-0.15, -0.1) is 0 Å². The van der Waals surface area contributed by atoms with Gasteiger partial charge in [0.25, 0.3) is 10.0 Å². The molecular formula is C14H17ClN2O3S. The van der Waals surface area contributed by atoms with E-state index in [2.05, 4.69) is 10.0 Å². The Morgan fingerprint density at radius 2 is 2.05 bits per heavy atom. The molecule has 0 unspecified atom stereocenters. The summed E-state index contributed by atoms with van der Waals surface area (Å²) >= 11 is 5.96. The molecule has 1 aromatic heterocycles. The monoisotopic (exact) mass is 328 g/mol. The molecule has 7 heteroatoms. The van der Waals surface area contributed by atoms with Gasteiger partial charge in [-0.25, -0.2) is 13.1 Å². The Labute approximate surface area is 129 Å². The van der Waals surface area contributed by atoms with Gasteiger partial charge in [0, 0.05) is 11.1 Å². The van der Waals surface area contributed by atoms with Gasteiger partial charge in [0.2, 0.25) is 5.09 Å². The lowest BCUT2D eigenvalue weighted by atomic mass is 10.1. The van der Waals surface area contributed by atoms with E-state index in [4.69, 9.17) is 16.0 Å². The van der Waals surface area contributed by atoms with E-state index in [-0.39, 0.29) is 11.1 Å². The average molecular weight is 329 g/mol. The molecule has 1 atom stereocenters. The Morgan fingerprint density at radius 3 is 2.71 bits per heavy atom. The van der Waals surface area contributed by atoms with Crippen LogP contribution in [0.3, 0.4) is 0 Å². The van der Waals surface area contributed by atoms with Gasteiger partial charge >= 0.3 is 0 Å². The van der Waals surface area contributed by atoms with Crippen LogP contribution in [0.4, 0.5) is 0 Å². The van der Waals surface area contributed by atoms with Gasteiger partial charge < -0.3 is 9.73 Å². The fourth-order valence-corrected chi connectivity index (χ4v) is 2.71. The average Bonchev–Trinajstić information content (AvgIpc) is 2.94. The second kappa shape index (κ2) is 6.62. The molecule has 0 saturated carbocycles. The normalized spacial score (nSPS) is 13.3. The fraction of sp³-hybridized carbons (Fsp3) is 0.286. The van der Waals surface area contributed by atoms with Crippen molar-refractivity contribution in [1.29, 1.82) is 0 Å². The number of nitrogens with one attached hydrogen (secondary N) is 2. The second-order valence-corrected chi connectivity index (χ2v) is 6.84. The third-order valence-electron chi connectivity index (χ3n) is 3.10. The van der Waals surface area contributed by atoms with Crippen LogP contribution >= 0.6 is 11.6 Å². The van der Waals surface area contributed by atoms with Crippen LogP contribution in [0.2, 0.25) is 5.02 Å². The smallest absolute Gasteiger partial charge is 0.273 e. The van der Waals surface area contributed by atoms with Crippen molar-refractivity contribution in [3.05, 3.63) is 52.7 Å². The van der Waals surface area contributed by atoms with Crippen molar-refractivity contribution in [2.75, 3.05) is 7.05 Å². The van der Waals surface area contributed by atoms with Gasteiger partial charge in [-0.05, 0) is 43.8 Å². The zero-order valence-electron chi connectivity index (χ0n) is 11.8. The van der Waals surface area contributed by atoms with Gasteiger partial charge in [0.1, 0.15) is 5.76 Å². The minimum atomic E-state index is -3.54. The zero-order chi connectivity index (χ0) is 15.5. The number of furan rings is 1. The summed E-state index contributed by atoms with van der Waals surface area (Å²) in [4.78, 5) is 0. The van der Waals surface area contributed by atoms with Crippen molar-refractivity contribution in [3.63, 3.8) is 0 Å². The molecule has 0 spiro atoms. The molecule has 2 aromatic rings. The minimum absolute atomic E-state index is 0.0677. The Morgan fingerprint density at radius 1 is 1.29 bits per heavy atom. The summed E-state index contributed by atoms with van der Waals surface area (Å²) in [6.07, 6.45) is 0. The molecule has 0 radical (unpaired) electrons. The molecule has 1 heterocycles. The summed E-state index contributed by atoms with van der Waals surface area (Å²) < 4.78 is 30.7. The first-order valence-corrected chi connectivity index (χ1v) is 8.29. The molecular weight excluding hydrogens is 312 g/mol. The van der Waals surface area contributed by atoms with Crippen LogP contribution in [0.15, 0.2) is 45.9 Å². The highest BCUT2D eigenvalue weighted by molar-refractivity contribution is 7.89. The maximum Gasteiger partial charge on any atom is 0.273 e. The summed E-state index contributed by atoms with van der Waals surface area (Å²) in [5.41, 5.74) is 1.05. The number of halogens is 1. The van der Waals surface area contributed by atoms with Crippen LogP contribution < -0.4 is 10.0 Å². The third kappa shape index (κ3) is 4.07. The van der Waals surface area contributed by atoms with Crippen molar-refractivity contribution in [3.8, 4) is 0 Å². The lowest BCUT2D eigenvalue weighted by molar-refractivity contribution is 0.392. The summed E-state index contributed by atoms with van der Waals surface area (Å²) in [5.74, 6) is 0.553. The first-order chi connectivity index (χ1) is 9.92. The van der Waals surface area contributed by atoms with Crippen LogP contribution in [-0.4, -0.2) is 15.5 Å². The van der Waals surface area contributed by atoms with Crippen LogP contribution in [0, 0.1) is 0 Å². The molecule has 0 fully saturated rings. The van der Waals surface area contributed by atoms with Crippen molar-refractivity contribution >= 4 is 21.6 Å². The predicted octanol–water partition coefficient (Wildman–Crippen LogP) is 2.69. The SMILES string of the molecule is CNS(=O)(=O)c1ccc(CN[C@@H](C)c2cccc(Cl)c2)o1. The van der Waals surface area contributed by atoms with E-state index < -0.39 is 10.0 Å². The van der Waals surface area contributed by atoms with Gasteiger partial charge in [0.05, 0.1) is 6.54 Å². The van der Waals surface area contributed by atoms with E-state index in [1.54, 1.807) is 6.07 Å². The third-order valence-corrected chi connectivity index (χ3v) is 4.62. The van der Waals surface area contributed by atoms with Crippen molar-refractivity contribution in [2.24, 2.45) is 0 Å². The number of rotatable bonds is 6. The molecule has 0 amide bonds. The molecule has 5 nitrogen and oxygen atoms in total. The Bertz CT molecular complexity index is 713. The summed E-state index contributed by atoms with van der Waals surface area (Å²) in [6.45, 7) is 2.42. The molecule has 0 bridgehead atoms. The lowest BCUT2D eigenvalue weighted by Crippen LogP contribution is -2.18. The Kier molecular flexibility index (Phi) is 5.05. The van der Waals surface area contributed by atoms with Crippen LogP contribution in [0.5, 0.6) is 0 Å². The van der Waals surface area contributed by atoms with Gasteiger partial charge in [-0.3, -0.25) is 0 Å². The van der Waals surface area contributed by atoms with E-state index in [1.807, 2.05) is 31.2 Å². The summed E-state index contributed by atoms with van der Waals surface area (Å²) in [7, 11) is -2.19. The first-order valence-electron chi connectivity index (χ1n) is 6.43. The van der Waals surface area contributed by atoms with Crippen molar-refractivity contribution in [1.82, 2.24) is 10.0 Å². The number of hydrogen-bond acceptors (Lipinski definition) is 4. The summed E-state index contributed by atoms with van der Waals surface area (Å²) in [5, 5.41) is 3.85. The van der Waals surface area contributed by atoms with Crippen molar-refractivity contribution < 1.29 is 12.8 Å². The zero-order valence-corrected chi connectivity index (χ0v) is 13.3. The molecule has 1 aromatic carbocycles. The molecule has 0 aliphatic heterocycles. The number of benzene rings is 1. The van der Waals surface area contributed by atoms with Gasteiger partial charge in [-0.1, -0.05) is 23.7 Å². The first kappa shape index (κ1) is 16.0. The van der Waals surface area contributed by atoms with Crippen LogP contribution in [0.1, 0.15) is 24.3 Å². The highest BCUT2D eigenvalue weighted by atomic mass is 35.5. The maximum atomic E-state index is 11.6. The van der Waals surface area contributed by atoms with Crippen LogP contribution in [0.25, 0.3) is 0 Å². The van der Waals surface area contributed by atoms with Crippen LogP contribution in [-0.2, 0) is 16.6 Å². The Hall–Kier alpha value is -1.34. The maximum absolute atomic E-state index is 11.6. The number of hydrogen-bond donors (Lipinski definition) is 2. The topological polar surface area (TPSA) is 71.3 Å². The van der Waals surface area contributed by atoms with Crippen molar-refractivity contribution in [2.45, 2.75) is 24.6 Å². The molecule has 114 valence electrons. The van der Waals surface area contributed by atoms with E-state index in [0.717, 1.165) is 5.56 Å². The highest BCUT2D eigenvalue weighted by Crippen LogP contribution is 2.19. The quantitative estimate of drug-likeness (QED) is 0.855. The molecule has 2 rings (SSSR count). The van der Waals surface area contributed by atoms with Gasteiger partial charge in [0.15, 0.2) is 0 Å². The second-order valence-electron chi connectivity index (χ2n) is 4.59. The molecule has 21 heavy (non-hydrogen) atoms. The molecule has 0 saturated heterocycles. The fourth-order valence-electron chi connectivity index (χ4n) is 1.85. The number of sulfonamides is 1. The predicted molar refractivity (Wildman–Crippen MR) is 81.7 cm³/mol.